The van der Waals surface area contributed by atoms with Gasteiger partial charge in [0.2, 0.25) is 5.91 Å². The molecule has 1 N–H and O–H groups in total. The van der Waals surface area contributed by atoms with Crippen LogP contribution in [-0.2, 0) is 11.3 Å². The Morgan fingerprint density at radius 3 is 3.00 bits per heavy atom. The molecular formula is C14H19ClN2O. The van der Waals surface area contributed by atoms with Crippen molar-refractivity contribution >= 4 is 17.5 Å². The van der Waals surface area contributed by atoms with Crippen molar-refractivity contribution < 1.29 is 4.79 Å². The summed E-state index contributed by atoms with van der Waals surface area (Å²) in [5, 5.41) is 3.69. The molecule has 0 saturated carbocycles. The second-order valence-corrected chi connectivity index (χ2v) is 5.32. The third kappa shape index (κ3) is 3.47. The van der Waals surface area contributed by atoms with E-state index in [9.17, 15) is 4.79 Å². The zero-order valence-electron chi connectivity index (χ0n) is 10.7. The summed E-state index contributed by atoms with van der Waals surface area (Å²) in [4.78, 5) is 14.3. The van der Waals surface area contributed by atoms with E-state index < -0.39 is 0 Å². The lowest BCUT2D eigenvalue weighted by atomic mass is 9.97. The molecule has 0 radical (unpaired) electrons. The Kier molecular flexibility index (Phi) is 4.61. The number of nitrogens with one attached hydrogen (secondary N) is 1. The molecule has 3 nitrogen and oxygen atoms in total. The lowest BCUT2D eigenvalue weighted by molar-refractivity contribution is -0.126. The summed E-state index contributed by atoms with van der Waals surface area (Å²) in [6.45, 7) is 2.46. The SMILES string of the molecule is CN1CCCC(C(=O)NCc2ccccc2Cl)C1. The summed E-state index contributed by atoms with van der Waals surface area (Å²) in [5.74, 6) is 0.257. The van der Waals surface area contributed by atoms with Gasteiger partial charge in [0.15, 0.2) is 0 Å². The van der Waals surface area contributed by atoms with Crippen LogP contribution in [0.2, 0.25) is 5.02 Å². The molecule has 0 aliphatic carbocycles. The van der Waals surface area contributed by atoms with E-state index in [4.69, 9.17) is 11.6 Å². The molecular weight excluding hydrogens is 248 g/mol. The second kappa shape index (κ2) is 6.21. The second-order valence-electron chi connectivity index (χ2n) is 4.91. The maximum absolute atomic E-state index is 12.0. The normalized spacial score (nSPS) is 20.7. The lowest BCUT2D eigenvalue weighted by Gasteiger charge is -2.28. The zero-order chi connectivity index (χ0) is 13.0. The predicted octanol–water partition coefficient (Wildman–Crippen LogP) is 2.30. The van der Waals surface area contributed by atoms with Crippen LogP contribution >= 0.6 is 11.6 Å². The van der Waals surface area contributed by atoms with Gasteiger partial charge in [-0.15, -0.1) is 0 Å². The van der Waals surface area contributed by atoms with E-state index in [0.29, 0.717) is 11.6 Å². The van der Waals surface area contributed by atoms with E-state index in [0.717, 1.165) is 31.5 Å². The Bertz CT molecular complexity index is 422. The lowest BCUT2D eigenvalue weighted by Crippen LogP contribution is -2.41. The van der Waals surface area contributed by atoms with Gasteiger partial charge < -0.3 is 10.2 Å². The fraction of sp³-hybridized carbons (Fsp3) is 0.500. The van der Waals surface area contributed by atoms with Gasteiger partial charge in [-0.2, -0.15) is 0 Å². The summed E-state index contributed by atoms with van der Waals surface area (Å²) >= 11 is 6.06. The van der Waals surface area contributed by atoms with E-state index >= 15 is 0 Å². The number of hydrogen-bond donors (Lipinski definition) is 1. The van der Waals surface area contributed by atoms with E-state index in [1.54, 1.807) is 0 Å². The Balaban J connectivity index is 1.86. The fourth-order valence-electron chi connectivity index (χ4n) is 2.35. The summed E-state index contributed by atoms with van der Waals surface area (Å²) in [7, 11) is 2.06. The van der Waals surface area contributed by atoms with Crippen molar-refractivity contribution in [2.24, 2.45) is 5.92 Å². The van der Waals surface area contributed by atoms with Crippen LogP contribution in [0.25, 0.3) is 0 Å². The molecule has 98 valence electrons. The number of nitrogens with zero attached hydrogens (tertiary/aromatic N) is 1. The topological polar surface area (TPSA) is 32.3 Å². The molecule has 1 unspecified atom stereocenters. The first-order chi connectivity index (χ1) is 8.66. The molecule has 1 heterocycles. The number of amides is 1. The number of rotatable bonds is 3. The molecule has 4 heteroatoms. The highest BCUT2D eigenvalue weighted by Gasteiger charge is 2.23. The minimum Gasteiger partial charge on any atom is -0.352 e. The molecule has 0 bridgehead atoms. The van der Waals surface area contributed by atoms with E-state index in [2.05, 4.69) is 17.3 Å². The minimum absolute atomic E-state index is 0.117. The van der Waals surface area contributed by atoms with Crippen molar-refractivity contribution in [2.75, 3.05) is 20.1 Å². The smallest absolute Gasteiger partial charge is 0.224 e. The number of piperidine rings is 1. The van der Waals surface area contributed by atoms with Crippen LogP contribution in [0.1, 0.15) is 18.4 Å². The summed E-state index contributed by atoms with van der Waals surface area (Å²) < 4.78 is 0. The van der Waals surface area contributed by atoms with E-state index in [1.165, 1.54) is 0 Å². The Hall–Kier alpha value is -1.06. The molecule has 1 aliphatic heterocycles. The number of hydrogen-bond acceptors (Lipinski definition) is 2. The Morgan fingerprint density at radius 1 is 1.50 bits per heavy atom. The molecule has 1 aromatic carbocycles. The molecule has 1 amide bonds. The summed E-state index contributed by atoms with van der Waals surface area (Å²) in [6.07, 6.45) is 2.08. The maximum atomic E-state index is 12.0. The number of carbonyl (C=O) groups is 1. The van der Waals surface area contributed by atoms with E-state index in [-0.39, 0.29) is 11.8 Å². The van der Waals surface area contributed by atoms with Gasteiger partial charge in [0, 0.05) is 18.1 Å². The first kappa shape index (κ1) is 13.4. The van der Waals surface area contributed by atoms with Gasteiger partial charge in [0.05, 0.1) is 5.92 Å². The quantitative estimate of drug-likeness (QED) is 0.911. The third-order valence-corrected chi connectivity index (χ3v) is 3.77. The maximum Gasteiger partial charge on any atom is 0.224 e. The van der Waals surface area contributed by atoms with Crippen LogP contribution in [0.5, 0.6) is 0 Å². The van der Waals surface area contributed by atoms with Gasteiger partial charge in [0.1, 0.15) is 0 Å². The van der Waals surface area contributed by atoms with Crippen molar-refractivity contribution in [1.82, 2.24) is 10.2 Å². The van der Waals surface area contributed by atoms with Crippen molar-refractivity contribution in [3.8, 4) is 0 Å². The van der Waals surface area contributed by atoms with Gasteiger partial charge in [-0.3, -0.25) is 4.79 Å². The van der Waals surface area contributed by atoms with Crippen molar-refractivity contribution in [3.63, 3.8) is 0 Å². The molecule has 0 aromatic heterocycles. The predicted molar refractivity (Wildman–Crippen MR) is 73.5 cm³/mol. The number of benzene rings is 1. The average molecular weight is 267 g/mol. The standard InChI is InChI=1S/C14H19ClN2O/c1-17-8-4-6-12(10-17)14(18)16-9-11-5-2-3-7-13(11)15/h2-3,5,7,12H,4,6,8-10H2,1H3,(H,16,18). The Morgan fingerprint density at radius 2 is 2.28 bits per heavy atom. The molecule has 1 saturated heterocycles. The largest absolute Gasteiger partial charge is 0.352 e. The van der Waals surface area contributed by atoms with Crippen LogP contribution in [0.4, 0.5) is 0 Å². The van der Waals surface area contributed by atoms with Crippen molar-refractivity contribution in [1.29, 1.82) is 0 Å². The van der Waals surface area contributed by atoms with Crippen LogP contribution in [0.15, 0.2) is 24.3 Å². The number of carbonyl (C=O) groups excluding carboxylic acids is 1. The van der Waals surface area contributed by atoms with Gasteiger partial charge in [-0.25, -0.2) is 0 Å². The molecule has 0 spiro atoms. The zero-order valence-corrected chi connectivity index (χ0v) is 11.4. The fourth-order valence-corrected chi connectivity index (χ4v) is 2.55. The summed E-state index contributed by atoms with van der Waals surface area (Å²) in [6, 6.07) is 7.61. The third-order valence-electron chi connectivity index (χ3n) is 3.41. The van der Waals surface area contributed by atoms with Gasteiger partial charge >= 0.3 is 0 Å². The van der Waals surface area contributed by atoms with Crippen LogP contribution in [-0.4, -0.2) is 30.9 Å². The monoisotopic (exact) mass is 266 g/mol. The molecule has 1 aliphatic rings. The minimum atomic E-state index is 0.117. The molecule has 2 rings (SSSR count). The first-order valence-electron chi connectivity index (χ1n) is 6.36. The molecule has 1 fully saturated rings. The van der Waals surface area contributed by atoms with Gasteiger partial charge in [0.25, 0.3) is 0 Å². The first-order valence-corrected chi connectivity index (χ1v) is 6.74. The van der Waals surface area contributed by atoms with Crippen LogP contribution < -0.4 is 5.32 Å². The van der Waals surface area contributed by atoms with Crippen LogP contribution in [0.3, 0.4) is 0 Å². The highest BCUT2D eigenvalue weighted by Crippen LogP contribution is 2.17. The van der Waals surface area contributed by atoms with Crippen molar-refractivity contribution in [2.45, 2.75) is 19.4 Å². The average Bonchev–Trinajstić information content (AvgIpc) is 2.37. The van der Waals surface area contributed by atoms with E-state index in [1.807, 2.05) is 24.3 Å². The number of halogens is 1. The molecule has 1 aromatic rings. The highest BCUT2D eigenvalue weighted by molar-refractivity contribution is 6.31. The highest BCUT2D eigenvalue weighted by atomic mass is 35.5. The molecule has 1 atom stereocenters. The van der Waals surface area contributed by atoms with Crippen LogP contribution in [0, 0.1) is 5.92 Å². The summed E-state index contributed by atoms with van der Waals surface area (Å²) in [5.41, 5.74) is 0.969. The van der Waals surface area contributed by atoms with Gasteiger partial charge in [-0.1, -0.05) is 29.8 Å². The van der Waals surface area contributed by atoms with Gasteiger partial charge in [-0.05, 0) is 38.1 Å². The Labute approximate surface area is 113 Å². The van der Waals surface area contributed by atoms with Crippen molar-refractivity contribution in [3.05, 3.63) is 34.9 Å². The number of likely N-dealkylation sites (tertiary alicyclic amines) is 1. The molecule has 18 heavy (non-hydrogen) atoms.